The topological polar surface area (TPSA) is 37.3 Å². The highest BCUT2D eigenvalue weighted by Crippen LogP contribution is 2.10. The summed E-state index contributed by atoms with van der Waals surface area (Å²) in [4.78, 5) is 10.8. The van der Waals surface area contributed by atoms with Crippen molar-refractivity contribution in [2.75, 3.05) is 0 Å². The van der Waals surface area contributed by atoms with E-state index in [1.807, 2.05) is 6.92 Å². The summed E-state index contributed by atoms with van der Waals surface area (Å²) in [6.45, 7) is 5.40. The van der Waals surface area contributed by atoms with Crippen LogP contribution in [-0.4, -0.2) is 17.0 Å². The molecule has 2 heteroatoms. The number of hydrogen-bond acceptors (Lipinski definition) is 2. The summed E-state index contributed by atoms with van der Waals surface area (Å²) in [7, 11) is 0. The van der Waals surface area contributed by atoms with E-state index in [9.17, 15) is 4.79 Å². The number of unbranched alkanes of at least 4 members (excludes halogenated alkanes) is 1. The van der Waals surface area contributed by atoms with Crippen molar-refractivity contribution in [3.63, 3.8) is 0 Å². The lowest BCUT2D eigenvalue weighted by Gasteiger charge is -2.07. The summed E-state index contributed by atoms with van der Waals surface area (Å²) in [6, 6.07) is 0. The van der Waals surface area contributed by atoms with Crippen LogP contribution in [0.4, 0.5) is 0 Å². The molecule has 0 heterocycles. The fourth-order valence-electron chi connectivity index (χ4n) is 1.09. The molecular weight excluding hydrogens is 152 g/mol. The van der Waals surface area contributed by atoms with E-state index in [4.69, 9.17) is 5.11 Å². The van der Waals surface area contributed by atoms with Crippen molar-refractivity contribution < 1.29 is 9.90 Å². The van der Waals surface area contributed by atoms with Crippen molar-refractivity contribution in [2.24, 2.45) is 5.92 Å². The molecule has 0 rings (SSSR count). The van der Waals surface area contributed by atoms with Gasteiger partial charge in [-0.25, -0.2) is 0 Å². The van der Waals surface area contributed by atoms with Crippen molar-refractivity contribution in [2.45, 2.75) is 52.6 Å². The van der Waals surface area contributed by atoms with E-state index in [1.54, 1.807) is 13.8 Å². The van der Waals surface area contributed by atoms with Gasteiger partial charge in [-0.3, -0.25) is 4.79 Å². The molecule has 0 saturated carbocycles. The number of aliphatic hydroxyl groups is 1. The highest BCUT2D eigenvalue weighted by Gasteiger charge is 2.06. The first-order valence-electron chi connectivity index (χ1n) is 4.72. The molecule has 1 N–H and O–H groups in total. The third-order valence-electron chi connectivity index (χ3n) is 2.20. The molecule has 0 spiro atoms. The molecule has 0 saturated heterocycles. The van der Waals surface area contributed by atoms with Gasteiger partial charge in [0.15, 0.2) is 0 Å². The molecule has 0 aliphatic carbocycles. The van der Waals surface area contributed by atoms with Crippen LogP contribution in [0.15, 0.2) is 0 Å². The molecule has 0 bridgehead atoms. The number of ketones is 1. The van der Waals surface area contributed by atoms with Gasteiger partial charge in [0, 0.05) is 5.92 Å². The Morgan fingerprint density at radius 2 is 1.75 bits per heavy atom. The fourth-order valence-corrected chi connectivity index (χ4v) is 1.09. The normalized spacial score (nSPS) is 15.7. The van der Waals surface area contributed by atoms with E-state index in [2.05, 4.69) is 0 Å². The number of rotatable bonds is 6. The van der Waals surface area contributed by atoms with Crippen LogP contribution in [-0.2, 0) is 4.79 Å². The van der Waals surface area contributed by atoms with Gasteiger partial charge in [-0.2, -0.15) is 0 Å². The first-order chi connectivity index (χ1) is 5.54. The standard InChI is InChI=1S/C10H20O2/c1-8(10(3)12)6-4-5-7-9(2)11/h8-9,11H,4-7H2,1-3H3. The average Bonchev–Trinajstić information content (AvgIpc) is 1.97. The lowest BCUT2D eigenvalue weighted by atomic mass is 9.99. The van der Waals surface area contributed by atoms with Gasteiger partial charge in [0.2, 0.25) is 0 Å². The van der Waals surface area contributed by atoms with Gasteiger partial charge < -0.3 is 5.11 Å². The van der Waals surface area contributed by atoms with Gasteiger partial charge in [0.1, 0.15) is 5.78 Å². The molecule has 0 aromatic heterocycles. The Bertz CT molecular complexity index is 130. The second kappa shape index (κ2) is 6.18. The quantitative estimate of drug-likeness (QED) is 0.623. The smallest absolute Gasteiger partial charge is 0.132 e. The maximum atomic E-state index is 10.8. The van der Waals surface area contributed by atoms with Crippen LogP contribution in [0, 0.1) is 5.92 Å². The molecule has 2 atom stereocenters. The number of hydrogen-bond donors (Lipinski definition) is 1. The van der Waals surface area contributed by atoms with E-state index in [0.717, 1.165) is 25.7 Å². The van der Waals surface area contributed by atoms with Crippen LogP contribution in [0.25, 0.3) is 0 Å². The third kappa shape index (κ3) is 6.35. The molecule has 0 aliphatic heterocycles. The predicted octanol–water partition coefficient (Wildman–Crippen LogP) is 2.15. The minimum atomic E-state index is -0.197. The van der Waals surface area contributed by atoms with Crippen molar-refractivity contribution >= 4 is 5.78 Å². The van der Waals surface area contributed by atoms with Crippen LogP contribution < -0.4 is 0 Å². The van der Waals surface area contributed by atoms with E-state index in [0.29, 0.717) is 0 Å². The molecule has 0 aromatic rings. The van der Waals surface area contributed by atoms with E-state index in [-0.39, 0.29) is 17.8 Å². The number of Topliss-reactive ketones (excluding diaryl/α,β-unsaturated/α-hetero) is 1. The maximum Gasteiger partial charge on any atom is 0.132 e. The molecule has 0 aliphatic rings. The van der Waals surface area contributed by atoms with Crippen LogP contribution >= 0.6 is 0 Å². The molecule has 0 amide bonds. The van der Waals surface area contributed by atoms with Crippen molar-refractivity contribution in [1.29, 1.82) is 0 Å². The summed E-state index contributed by atoms with van der Waals surface area (Å²) in [5, 5.41) is 8.96. The summed E-state index contributed by atoms with van der Waals surface area (Å²) >= 11 is 0. The Hall–Kier alpha value is -0.370. The molecule has 2 unspecified atom stereocenters. The van der Waals surface area contributed by atoms with Gasteiger partial charge in [-0.15, -0.1) is 0 Å². The third-order valence-corrected chi connectivity index (χ3v) is 2.20. The van der Waals surface area contributed by atoms with Crippen molar-refractivity contribution in [3.05, 3.63) is 0 Å². The second-order valence-electron chi connectivity index (χ2n) is 3.65. The Morgan fingerprint density at radius 3 is 2.17 bits per heavy atom. The van der Waals surface area contributed by atoms with Gasteiger partial charge in [0.25, 0.3) is 0 Å². The Balaban J connectivity index is 3.25. The maximum absolute atomic E-state index is 10.8. The van der Waals surface area contributed by atoms with Gasteiger partial charge in [0.05, 0.1) is 6.10 Å². The van der Waals surface area contributed by atoms with Crippen molar-refractivity contribution in [1.82, 2.24) is 0 Å². The van der Waals surface area contributed by atoms with Crippen LogP contribution in [0.1, 0.15) is 46.5 Å². The van der Waals surface area contributed by atoms with E-state index in [1.165, 1.54) is 0 Å². The first kappa shape index (κ1) is 11.6. The molecule has 0 aromatic carbocycles. The van der Waals surface area contributed by atoms with E-state index < -0.39 is 0 Å². The zero-order valence-corrected chi connectivity index (χ0v) is 8.34. The zero-order chi connectivity index (χ0) is 9.56. The van der Waals surface area contributed by atoms with Crippen LogP contribution in [0.5, 0.6) is 0 Å². The SMILES string of the molecule is CC(=O)C(C)CCCCC(C)O. The minimum absolute atomic E-state index is 0.194. The van der Waals surface area contributed by atoms with Crippen molar-refractivity contribution in [3.8, 4) is 0 Å². The summed E-state index contributed by atoms with van der Waals surface area (Å²) in [5.41, 5.74) is 0. The average molecular weight is 172 g/mol. The van der Waals surface area contributed by atoms with Gasteiger partial charge >= 0.3 is 0 Å². The molecule has 0 radical (unpaired) electrons. The minimum Gasteiger partial charge on any atom is -0.393 e. The highest BCUT2D eigenvalue weighted by molar-refractivity contribution is 5.77. The Kier molecular flexibility index (Phi) is 5.99. The Morgan fingerprint density at radius 1 is 1.25 bits per heavy atom. The lowest BCUT2D eigenvalue weighted by molar-refractivity contribution is -0.120. The summed E-state index contributed by atoms with van der Waals surface area (Å²) in [6.07, 6.45) is 3.69. The van der Waals surface area contributed by atoms with Gasteiger partial charge in [-0.1, -0.05) is 19.8 Å². The second-order valence-corrected chi connectivity index (χ2v) is 3.65. The molecular formula is C10H20O2. The molecule has 0 fully saturated rings. The lowest BCUT2D eigenvalue weighted by Crippen LogP contribution is -2.06. The molecule has 72 valence electrons. The van der Waals surface area contributed by atoms with E-state index >= 15 is 0 Å². The predicted molar refractivity (Wildman–Crippen MR) is 50.0 cm³/mol. The van der Waals surface area contributed by atoms with Crippen LogP contribution in [0.3, 0.4) is 0 Å². The summed E-state index contributed by atoms with van der Waals surface area (Å²) < 4.78 is 0. The molecule has 12 heavy (non-hydrogen) atoms. The number of aliphatic hydroxyl groups excluding tert-OH is 1. The monoisotopic (exact) mass is 172 g/mol. The van der Waals surface area contributed by atoms with Crippen LogP contribution in [0.2, 0.25) is 0 Å². The fraction of sp³-hybridized carbons (Fsp3) is 0.900. The zero-order valence-electron chi connectivity index (χ0n) is 8.34. The molecule has 2 nitrogen and oxygen atoms in total. The number of carbonyl (C=O) groups excluding carboxylic acids is 1. The number of carbonyl (C=O) groups is 1. The first-order valence-corrected chi connectivity index (χ1v) is 4.72. The Labute approximate surface area is 75.0 Å². The largest absolute Gasteiger partial charge is 0.393 e. The van der Waals surface area contributed by atoms with Gasteiger partial charge in [-0.05, 0) is 26.7 Å². The highest BCUT2D eigenvalue weighted by atomic mass is 16.3. The summed E-state index contributed by atoms with van der Waals surface area (Å²) in [5.74, 6) is 0.464.